The van der Waals surface area contributed by atoms with Gasteiger partial charge in [-0.3, -0.25) is 40.5 Å². The summed E-state index contributed by atoms with van der Waals surface area (Å²) in [6.45, 7) is 8.00. The van der Waals surface area contributed by atoms with E-state index >= 15 is 0 Å². The van der Waals surface area contributed by atoms with Crippen molar-refractivity contribution in [2.45, 2.75) is 44.4 Å². The molecule has 21 nitrogen and oxygen atoms in total. The van der Waals surface area contributed by atoms with Crippen LogP contribution < -0.4 is 19.1 Å². The molecule has 0 radical (unpaired) electrons. The lowest BCUT2D eigenvalue weighted by atomic mass is 9.78. The molecule has 0 atom stereocenters. The van der Waals surface area contributed by atoms with E-state index < -0.39 is 49.5 Å². The largest absolute Gasteiger partial charge is 0.534 e. The zero-order valence-corrected chi connectivity index (χ0v) is 73.4. The van der Waals surface area contributed by atoms with Crippen LogP contribution in [0.3, 0.4) is 0 Å². The van der Waals surface area contributed by atoms with E-state index in [1.54, 1.807) is 96.8 Å². The zero-order valence-electron chi connectivity index (χ0n) is 66.8. The van der Waals surface area contributed by atoms with Crippen molar-refractivity contribution in [1.82, 2.24) is 0 Å². The number of nitrogens with zero attached hydrogens (tertiary/aromatic N) is 4. The maximum Gasteiger partial charge on any atom is 0.534 e. The van der Waals surface area contributed by atoms with Crippen molar-refractivity contribution >= 4 is 266 Å². The van der Waals surface area contributed by atoms with E-state index in [2.05, 4.69) is 95.2 Å². The molecule has 1 fully saturated rings. The van der Waals surface area contributed by atoms with E-state index in [0.29, 0.717) is 42.4 Å². The Bertz CT molecular complexity index is 7930. The molecular weight excluding hydrogens is 1770 g/mol. The van der Waals surface area contributed by atoms with Crippen LogP contribution in [0.4, 0.5) is 35.9 Å². The van der Waals surface area contributed by atoms with Crippen molar-refractivity contribution < 1.29 is 74.5 Å². The second-order valence-corrected chi connectivity index (χ2v) is 38.2. The first kappa shape index (κ1) is 86.5. The molecule has 0 spiro atoms. The molecule has 1 saturated heterocycles. The van der Waals surface area contributed by atoms with Gasteiger partial charge in [0.15, 0.2) is 5.75 Å². The van der Waals surface area contributed by atoms with Gasteiger partial charge in [0, 0.05) is 126 Å². The molecule has 0 bridgehead atoms. The molecule has 2 N–H and O–H groups in total. The lowest BCUT2D eigenvalue weighted by molar-refractivity contribution is -0.383. The predicted molar refractivity (Wildman–Crippen MR) is 510 cm³/mol. The highest BCUT2D eigenvalue weighted by Gasteiger charge is 2.53. The number of fused-ring (bicyclic) bond motifs is 21. The van der Waals surface area contributed by atoms with Gasteiger partial charge < -0.3 is 33.2 Å². The summed E-state index contributed by atoms with van der Waals surface area (Å²) in [7, 11) is -3.12. The summed E-state index contributed by atoms with van der Waals surface area (Å²) >= 11 is 10.6. The van der Waals surface area contributed by atoms with Gasteiger partial charge in [-0.25, -0.2) is 0 Å². The van der Waals surface area contributed by atoms with Gasteiger partial charge in [-0.1, -0.05) is 176 Å². The van der Waals surface area contributed by atoms with Crippen LogP contribution >= 0.6 is 79.4 Å². The molecule has 7 aromatic heterocycles. The molecule has 0 saturated carbocycles. The number of phenolic OH excluding ortho intramolecular Hbond substituents is 2. The molecule has 0 unspecified atom stereocenters. The van der Waals surface area contributed by atoms with Gasteiger partial charge in [0.05, 0.1) is 90.2 Å². The summed E-state index contributed by atoms with van der Waals surface area (Å²) in [4.78, 5) is 43.1. The molecule has 1 aliphatic heterocycles. The van der Waals surface area contributed by atoms with E-state index in [0.717, 1.165) is 84.4 Å². The highest BCUT2D eigenvalue weighted by molar-refractivity contribution is 7.88. The maximum atomic E-state index is 12.5. The topological polar surface area (TPSA) is 293 Å². The Hall–Kier alpha value is -13.1. The van der Waals surface area contributed by atoms with Crippen LogP contribution in [-0.2, 0) is 19.4 Å². The van der Waals surface area contributed by atoms with Gasteiger partial charge in [0.1, 0.15) is 23.0 Å². The summed E-state index contributed by atoms with van der Waals surface area (Å²) in [5.74, 6) is 1.51. The number of hydrogen-bond acceptors (Lipinski definition) is 24. The Morgan fingerprint density at radius 3 is 1.02 bits per heavy atom. The summed E-state index contributed by atoms with van der Waals surface area (Å²) in [6.07, 6.45) is 0. The Morgan fingerprint density at radius 1 is 0.325 bits per heavy atom. The first-order valence-corrected chi connectivity index (χ1v) is 45.4. The minimum Gasteiger partial charge on any atom is -0.506 e. The van der Waals surface area contributed by atoms with Crippen LogP contribution in [-0.4, -0.2) is 76.4 Å². The molecule has 1 aliphatic rings. The third-order valence-corrected chi connectivity index (χ3v) is 30.5. The standard InChI is InChI=1S/C18H18BNO4S.C13H6F3NO5S2.C13H9NO3S.C13H10OS.C12H7NO3S.C12H8OS.C12H8S/c1-17(2)18(3,4)24-19(23-17)12-9-10-13(20(21)22)15-11-7-5-6-8-14(11)25-16(12)15;14-13(15,16)24(20,21)22-9-6-5-8(17(18)19)11-7-3-1-2-4-10(7)23-12(9)11;1-17-10-7-6-9(14(15)16)12-8-4-2-3-5-11(8)18-13(10)12;1-14-11-7-4-6-10-9-5-2-3-8-12(9)15-13(10)11;14-9-6-5-8(13(15)16)11-7-3-1-2-4-10(7)17-12(9)11;13-10-6-3-5-9-8-4-1-2-7-11(8)14-12(9)10;1-3-7-11-9(5-1)10-6-2-4-8-12(10)13-11/h5-10H,1-4H3;1-6H;2-7H,1H3;2-8H,1H3;1-6,14H;1-7,13H;1-8H. The lowest BCUT2D eigenvalue weighted by Crippen LogP contribution is -2.41. The van der Waals surface area contributed by atoms with Crippen LogP contribution in [0.1, 0.15) is 27.7 Å². The molecule has 8 heterocycles. The first-order chi connectivity index (χ1) is 60.4. The van der Waals surface area contributed by atoms with Crippen LogP contribution in [0.2, 0.25) is 0 Å². The number of ether oxygens (including phenoxy) is 2. The predicted octanol–water partition coefficient (Wildman–Crippen LogP) is 28.0. The van der Waals surface area contributed by atoms with Gasteiger partial charge in [-0.05, 0) is 107 Å². The number of benzene rings is 14. The molecule has 33 heteroatoms. The molecule has 0 amide bonds. The number of phenols is 2. The fourth-order valence-corrected chi connectivity index (χ4v) is 23.4. The zero-order chi connectivity index (χ0) is 88.8. The second-order valence-electron chi connectivity index (χ2n) is 29.2. The molecule has 632 valence electrons. The smallest absolute Gasteiger partial charge is 0.506 e. The summed E-state index contributed by atoms with van der Waals surface area (Å²) in [6, 6.07) is 85.9. The average Bonchev–Trinajstić information content (AvgIpc) is 1.43. The highest BCUT2D eigenvalue weighted by Crippen LogP contribution is 2.50. The molecule has 21 aromatic rings. The average molecular weight is 1840 g/mol. The fraction of sp³-hybridized carbons (Fsp3) is 0.0968. The van der Waals surface area contributed by atoms with Gasteiger partial charge in [-0.2, -0.15) is 21.6 Å². The minimum atomic E-state index is -5.88. The number of nitro groups is 4. The third-order valence-electron chi connectivity index (χ3n) is 21.2. The highest BCUT2D eigenvalue weighted by atomic mass is 32.2. The van der Waals surface area contributed by atoms with Crippen molar-refractivity contribution in [3.05, 3.63) is 320 Å². The fourth-order valence-electron chi connectivity index (χ4n) is 14.6. The minimum absolute atomic E-state index is 0.0373. The Morgan fingerprint density at radius 2 is 0.603 bits per heavy atom. The van der Waals surface area contributed by atoms with E-state index in [1.807, 2.05) is 148 Å². The third kappa shape index (κ3) is 16.6. The number of halogens is 3. The van der Waals surface area contributed by atoms with Crippen molar-refractivity contribution in [2.75, 3.05) is 14.2 Å². The number of nitro benzene ring substituents is 4. The summed E-state index contributed by atoms with van der Waals surface area (Å²) < 4.78 is 100. The molecule has 0 aliphatic carbocycles. The molecule has 126 heavy (non-hydrogen) atoms. The number of methoxy groups -OCH3 is 2. The van der Waals surface area contributed by atoms with Crippen molar-refractivity contribution in [3.8, 4) is 28.7 Å². The van der Waals surface area contributed by atoms with Gasteiger partial charge >= 0.3 is 22.7 Å². The monoisotopic (exact) mass is 1830 g/mol. The SMILES string of the molecule is CC1(C)OB(c2ccc([N+](=O)[O-])c3c2sc2ccccc23)OC1(C)C.COc1ccc([N+](=O)[O-])c2c1sc1ccccc12.COc1cccc2c1sc1ccccc12.O=[N+]([O-])c1ccc(O)c2sc3ccccc3c12.O=[N+]([O-])c1ccc(OS(=O)(=O)C(F)(F)F)c2sc3ccccc3c12.Oc1cccc2c1sc1ccccc12.c1ccc2c(c1)sc1ccccc12. The Kier molecular flexibility index (Phi) is 24.1. The molecule has 14 aromatic carbocycles. The second kappa shape index (κ2) is 35.2. The van der Waals surface area contributed by atoms with Crippen molar-refractivity contribution in [3.63, 3.8) is 0 Å². The van der Waals surface area contributed by atoms with E-state index in [-0.39, 0.29) is 48.4 Å². The van der Waals surface area contributed by atoms with Crippen LogP contribution in [0.25, 0.3) is 141 Å². The number of aromatic hydroxyl groups is 2. The molecular formula is C93H66BF3N4O17S8. The first-order valence-electron chi connectivity index (χ1n) is 38.3. The number of thiophene rings is 7. The van der Waals surface area contributed by atoms with E-state index in [1.165, 1.54) is 91.3 Å². The van der Waals surface area contributed by atoms with Gasteiger partial charge in [-0.15, -0.1) is 79.4 Å². The number of hydrogen-bond donors (Lipinski definition) is 2. The lowest BCUT2D eigenvalue weighted by Gasteiger charge is -2.32. The van der Waals surface area contributed by atoms with E-state index in [4.69, 9.17) is 18.8 Å². The summed E-state index contributed by atoms with van der Waals surface area (Å²) in [5, 5.41) is 77.0. The quantitative estimate of drug-likeness (QED) is 0.0446. The van der Waals surface area contributed by atoms with Crippen LogP contribution in [0, 0.1) is 40.5 Å². The number of rotatable bonds is 9. The van der Waals surface area contributed by atoms with Crippen molar-refractivity contribution in [2.24, 2.45) is 0 Å². The Balaban J connectivity index is 0.000000110. The molecule has 22 rings (SSSR count). The number of alkyl halides is 3. The normalized spacial score (nSPS) is 12.9. The van der Waals surface area contributed by atoms with Crippen LogP contribution in [0.15, 0.2) is 279 Å². The van der Waals surface area contributed by atoms with Crippen LogP contribution in [0.5, 0.6) is 28.7 Å². The Labute approximate surface area is 741 Å². The summed E-state index contributed by atoms with van der Waals surface area (Å²) in [5.41, 5.74) is -5.73. The van der Waals surface area contributed by atoms with Gasteiger partial charge in [0.25, 0.3) is 22.7 Å². The van der Waals surface area contributed by atoms with Crippen molar-refractivity contribution in [1.29, 1.82) is 0 Å². The van der Waals surface area contributed by atoms with Gasteiger partial charge in [0.2, 0.25) is 0 Å². The number of non-ortho nitro benzene ring substituents is 4. The van der Waals surface area contributed by atoms with E-state index in [9.17, 15) is 72.3 Å². The maximum absolute atomic E-state index is 12.5.